The molecular weight excluding hydrogens is 313 g/mol. The number of nitrogens with zero attached hydrogens (tertiary/aromatic N) is 1. The van der Waals surface area contributed by atoms with Gasteiger partial charge in [-0.25, -0.2) is 17.8 Å². The third-order valence-electron chi connectivity index (χ3n) is 2.82. The Labute approximate surface area is 127 Å². The van der Waals surface area contributed by atoms with Gasteiger partial charge in [-0.1, -0.05) is 0 Å². The second-order valence-electron chi connectivity index (χ2n) is 5.49. The molecule has 0 saturated heterocycles. The van der Waals surface area contributed by atoms with Crippen LogP contribution in [-0.4, -0.2) is 18.1 Å². The molecule has 3 N–H and O–H groups in total. The van der Waals surface area contributed by atoms with Crippen molar-refractivity contribution in [2.45, 2.75) is 25.5 Å². The molecule has 1 aromatic heterocycles. The van der Waals surface area contributed by atoms with Crippen LogP contribution >= 0.6 is 11.3 Å². The molecular formula is C13H16FN3O2S2. The van der Waals surface area contributed by atoms with E-state index in [4.69, 9.17) is 5.73 Å². The Kier molecular flexibility index (Phi) is 3.94. The van der Waals surface area contributed by atoms with E-state index in [0.717, 1.165) is 11.3 Å². The Balaban J connectivity index is 2.31. The fourth-order valence-corrected chi connectivity index (χ4v) is 3.14. The fraction of sp³-hybridized carbons (Fsp3) is 0.308. The molecule has 0 saturated carbocycles. The van der Waals surface area contributed by atoms with E-state index in [1.165, 1.54) is 18.2 Å². The van der Waals surface area contributed by atoms with E-state index in [-0.39, 0.29) is 10.8 Å². The Morgan fingerprint density at radius 2 is 2.00 bits per heavy atom. The quantitative estimate of drug-likeness (QED) is 0.848. The smallest absolute Gasteiger partial charge is 0.239 e. The van der Waals surface area contributed by atoms with E-state index in [1.54, 1.807) is 26.2 Å². The van der Waals surface area contributed by atoms with Gasteiger partial charge in [-0.15, -0.1) is 11.3 Å². The third kappa shape index (κ3) is 3.33. The molecule has 21 heavy (non-hydrogen) atoms. The van der Waals surface area contributed by atoms with Gasteiger partial charge in [-0.05, 0) is 39.0 Å². The second-order valence-corrected chi connectivity index (χ2v) is 8.78. The standard InChI is InChI=1S/C13H16FN3O2S2/c1-13(2,3)21(18,19)17-12-16-11(7-20-12)9-5-4-8(14)6-10(9)15/h4-7H,15H2,1-3H3,(H,16,17). The van der Waals surface area contributed by atoms with Crippen LogP contribution in [-0.2, 0) is 10.0 Å². The molecule has 0 aliphatic rings. The highest BCUT2D eigenvalue weighted by Crippen LogP contribution is 2.30. The molecule has 0 aliphatic carbocycles. The molecule has 0 spiro atoms. The maximum atomic E-state index is 13.0. The number of anilines is 2. The van der Waals surface area contributed by atoms with Crippen LogP contribution in [0.25, 0.3) is 11.3 Å². The first kappa shape index (κ1) is 15.7. The Morgan fingerprint density at radius 3 is 2.57 bits per heavy atom. The lowest BCUT2D eigenvalue weighted by atomic mass is 10.1. The molecule has 0 atom stereocenters. The van der Waals surface area contributed by atoms with Crippen molar-refractivity contribution >= 4 is 32.2 Å². The predicted molar refractivity (Wildman–Crippen MR) is 84.2 cm³/mol. The van der Waals surface area contributed by atoms with Crippen molar-refractivity contribution in [3.05, 3.63) is 29.4 Å². The molecule has 0 aliphatic heterocycles. The maximum Gasteiger partial charge on any atom is 0.239 e. The van der Waals surface area contributed by atoms with Gasteiger partial charge in [-0.2, -0.15) is 0 Å². The normalized spacial score (nSPS) is 12.4. The first-order valence-electron chi connectivity index (χ1n) is 6.13. The van der Waals surface area contributed by atoms with Gasteiger partial charge in [0.05, 0.1) is 10.4 Å². The van der Waals surface area contributed by atoms with Crippen LogP contribution in [0.1, 0.15) is 20.8 Å². The second kappa shape index (κ2) is 5.27. The summed E-state index contributed by atoms with van der Waals surface area (Å²) in [5.41, 5.74) is 7.07. The summed E-state index contributed by atoms with van der Waals surface area (Å²) in [5, 5.41) is 1.92. The summed E-state index contributed by atoms with van der Waals surface area (Å²) in [5.74, 6) is -0.430. The number of thiazole rings is 1. The molecule has 0 fully saturated rings. The summed E-state index contributed by atoms with van der Waals surface area (Å²) in [7, 11) is -3.53. The summed E-state index contributed by atoms with van der Waals surface area (Å²) in [6, 6.07) is 4.00. The number of benzene rings is 1. The Bertz CT molecular complexity index is 764. The zero-order valence-electron chi connectivity index (χ0n) is 11.8. The maximum absolute atomic E-state index is 13.0. The molecule has 1 aromatic carbocycles. The number of hydrogen-bond acceptors (Lipinski definition) is 5. The number of sulfonamides is 1. The van der Waals surface area contributed by atoms with Gasteiger partial charge in [0, 0.05) is 16.6 Å². The first-order valence-corrected chi connectivity index (χ1v) is 8.50. The Morgan fingerprint density at radius 1 is 1.33 bits per heavy atom. The first-order chi connectivity index (χ1) is 9.60. The molecule has 2 rings (SSSR count). The van der Waals surface area contributed by atoms with Gasteiger partial charge >= 0.3 is 0 Å². The number of nitrogen functional groups attached to an aromatic ring is 1. The van der Waals surface area contributed by atoms with E-state index in [2.05, 4.69) is 9.71 Å². The van der Waals surface area contributed by atoms with Crippen molar-refractivity contribution in [2.75, 3.05) is 10.5 Å². The number of halogens is 1. The largest absolute Gasteiger partial charge is 0.398 e. The zero-order chi connectivity index (χ0) is 15.8. The van der Waals surface area contributed by atoms with Crippen LogP contribution in [0.15, 0.2) is 23.6 Å². The van der Waals surface area contributed by atoms with Crippen molar-refractivity contribution in [2.24, 2.45) is 0 Å². The molecule has 8 heteroatoms. The summed E-state index contributed by atoms with van der Waals surface area (Å²) < 4.78 is 38.7. The minimum absolute atomic E-state index is 0.253. The van der Waals surface area contributed by atoms with E-state index < -0.39 is 20.6 Å². The van der Waals surface area contributed by atoms with Crippen LogP contribution in [0, 0.1) is 5.82 Å². The average Bonchev–Trinajstić information content (AvgIpc) is 2.74. The van der Waals surface area contributed by atoms with E-state index in [9.17, 15) is 12.8 Å². The summed E-state index contributed by atoms with van der Waals surface area (Å²) in [6.45, 7) is 4.80. The SMILES string of the molecule is CC(C)(C)S(=O)(=O)Nc1nc(-c2ccc(F)cc2N)cs1. The van der Waals surface area contributed by atoms with Crippen LogP contribution in [0.5, 0.6) is 0 Å². The lowest BCUT2D eigenvalue weighted by Gasteiger charge is -2.18. The highest BCUT2D eigenvalue weighted by Gasteiger charge is 2.29. The van der Waals surface area contributed by atoms with Gasteiger partial charge in [-0.3, -0.25) is 4.72 Å². The lowest BCUT2D eigenvalue weighted by Crippen LogP contribution is -2.33. The lowest BCUT2D eigenvalue weighted by molar-refractivity contribution is 0.566. The molecule has 1 heterocycles. The van der Waals surface area contributed by atoms with Crippen LogP contribution < -0.4 is 10.5 Å². The minimum Gasteiger partial charge on any atom is -0.398 e. The van der Waals surface area contributed by atoms with Crippen molar-refractivity contribution in [3.8, 4) is 11.3 Å². The van der Waals surface area contributed by atoms with Gasteiger partial charge < -0.3 is 5.73 Å². The van der Waals surface area contributed by atoms with E-state index >= 15 is 0 Å². The van der Waals surface area contributed by atoms with Crippen molar-refractivity contribution in [1.29, 1.82) is 0 Å². The topological polar surface area (TPSA) is 85.1 Å². The predicted octanol–water partition coefficient (Wildman–Crippen LogP) is 3.07. The summed E-state index contributed by atoms with van der Waals surface area (Å²) in [4.78, 5) is 4.20. The average molecular weight is 329 g/mol. The molecule has 2 aromatic rings. The van der Waals surface area contributed by atoms with Crippen molar-refractivity contribution in [3.63, 3.8) is 0 Å². The summed E-state index contributed by atoms with van der Waals surface area (Å²) in [6.07, 6.45) is 0. The summed E-state index contributed by atoms with van der Waals surface area (Å²) >= 11 is 1.15. The van der Waals surface area contributed by atoms with E-state index in [1.807, 2.05) is 0 Å². The Hall–Kier alpha value is -1.67. The number of rotatable bonds is 3. The number of nitrogens with two attached hydrogens (primary N) is 1. The van der Waals surface area contributed by atoms with Gasteiger partial charge in [0.2, 0.25) is 10.0 Å². The monoisotopic (exact) mass is 329 g/mol. The van der Waals surface area contributed by atoms with E-state index in [0.29, 0.717) is 11.3 Å². The highest BCUT2D eigenvalue weighted by atomic mass is 32.2. The van der Waals surface area contributed by atoms with Crippen LogP contribution in [0.2, 0.25) is 0 Å². The van der Waals surface area contributed by atoms with Crippen molar-refractivity contribution < 1.29 is 12.8 Å². The van der Waals surface area contributed by atoms with Crippen LogP contribution in [0.4, 0.5) is 15.2 Å². The number of hydrogen-bond donors (Lipinski definition) is 2. The molecule has 0 bridgehead atoms. The van der Waals surface area contributed by atoms with Gasteiger partial charge in [0.1, 0.15) is 5.82 Å². The number of nitrogens with one attached hydrogen (secondary N) is 1. The molecule has 0 unspecified atom stereocenters. The molecule has 0 amide bonds. The van der Waals surface area contributed by atoms with Gasteiger partial charge in [0.25, 0.3) is 0 Å². The number of aromatic nitrogens is 1. The molecule has 5 nitrogen and oxygen atoms in total. The minimum atomic E-state index is -3.53. The molecule has 0 radical (unpaired) electrons. The van der Waals surface area contributed by atoms with Gasteiger partial charge in [0.15, 0.2) is 5.13 Å². The highest BCUT2D eigenvalue weighted by molar-refractivity contribution is 7.94. The third-order valence-corrected chi connectivity index (χ3v) is 5.78. The van der Waals surface area contributed by atoms with Crippen LogP contribution in [0.3, 0.4) is 0 Å². The fourth-order valence-electron chi connectivity index (χ4n) is 1.48. The zero-order valence-corrected chi connectivity index (χ0v) is 13.5. The molecule has 114 valence electrons. The van der Waals surface area contributed by atoms with Crippen molar-refractivity contribution in [1.82, 2.24) is 4.98 Å².